The van der Waals surface area contributed by atoms with Crippen molar-refractivity contribution in [2.45, 2.75) is 33.7 Å². The van der Waals surface area contributed by atoms with Crippen molar-refractivity contribution < 1.29 is 8.78 Å². The first-order valence-corrected chi connectivity index (χ1v) is 6.56. The second kappa shape index (κ2) is 7.38. The first-order chi connectivity index (χ1) is 8.90. The molecule has 1 aromatic rings. The predicted molar refractivity (Wildman–Crippen MR) is 74.8 cm³/mol. The minimum absolute atomic E-state index is 0.294. The first-order valence-electron chi connectivity index (χ1n) is 6.56. The van der Waals surface area contributed by atoms with Gasteiger partial charge in [-0.15, -0.1) is 0 Å². The van der Waals surface area contributed by atoms with Crippen LogP contribution < -0.4 is 10.2 Å². The van der Waals surface area contributed by atoms with Gasteiger partial charge in [-0.25, -0.2) is 13.8 Å². The normalized spacial score (nSPS) is 11.4. The second-order valence-corrected chi connectivity index (χ2v) is 5.21. The van der Waals surface area contributed by atoms with E-state index in [0.29, 0.717) is 11.7 Å². The number of aryl methyl sites for hydroxylation is 1. The Bertz CT molecular complexity index is 394. The molecule has 0 atom stereocenters. The molecule has 0 aliphatic heterocycles. The number of anilines is 1. The summed E-state index contributed by atoms with van der Waals surface area (Å²) in [5.74, 6) is 1.19. The summed E-state index contributed by atoms with van der Waals surface area (Å²) < 4.78 is 24.6. The highest BCUT2D eigenvalue weighted by Crippen LogP contribution is 2.14. The Morgan fingerprint density at radius 3 is 2.53 bits per heavy atom. The molecule has 0 radical (unpaired) electrons. The molecular formula is C14H23F2N3. The van der Waals surface area contributed by atoms with Crippen LogP contribution >= 0.6 is 0 Å². The lowest BCUT2D eigenvalue weighted by Gasteiger charge is -2.19. The smallest absolute Gasteiger partial charge is 0.255 e. The van der Waals surface area contributed by atoms with Crippen molar-refractivity contribution in [3.05, 3.63) is 23.4 Å². The van der Waals surface area contributed by atoms with Crippen LogP contribution in [0.15, 0.2) is 12.1 Å². The molecule has 0 unspecified atom stereocenters. The van der Waals surface area contributed by atoms with Crippen molar-refractivity contribution in [3.8, 4) is 0 Å². The van der Waals surface area contributed by atoms with Gasteiger partial charge in [-0.05, 0) is 31.0 Å². The fourth-order valence-corrected chi connectivity index (χ4v) is 1.77. The van der Waals surface area contributed by atoms with Crippen molar-refractivity contribution in [2.24, 2.45) is 5.92 Å². The highest BCUT2D eigenvalue weighted by molar-refractivity contribution is 5.40. The van der Waals surface area contributed by atoms with E-state index in [1.165, 1.54) is 4.90 Å². The highest BCUT2D eigenvalue weighted by atomic mass is 19.3. The molecular weight excluding hydrogens is 248 g/mol. The number of halogens is 2. The van der Waals surface area contributed by atoms with E-state index in [1.54, 1.807) is 13.1 Å². The molecule has 0 aromatic carbocycles. The number of alkyl halides is 2. The van der Waals surface area contributed by atoms with Crippen LogP contribution in [0.5, 0.6) is 0 Å². The number of nitrogens with one attached hydrogen (secondary N) is 1. The van der Waals surface area contributed by atoms with Crippen molar-refractivity contribution in [2.75, 3.05) is 25.0 Å². The van der Waals surface area contributed by atoms with Gasteiger partial charge >= 0.3 is 0 Å². The van der Waals surface area contributed by atoms with Crippen LogP contribution in [0.3, 0.4) is 0 Å². The zero-order chi connectivity index (χ0) is 14.4. The van der Waals surface area contributed by atoms with Crippen LogP contribution in [0, 0.1) is 12.8 Å². The van der Waals surface area contributed by atoms with Gasteiger partial charge in [0.25, 0.3) is 6.43 Å². The third kappa shape index (κ3) is 5.51. The van der Waals surface area contributed by atoms with Crippen LogP contribution in [0.2, 0.25) is 0 Å². The average Bonchev–Trinajstić information content (AvgIpc) is 2.29. The Hall–Kier alpha value is -1.23. The van der Waals surface area contributed by atoms with Gasteiger partial charge in [0.2, 0.25) is 0 Å². The van der Waals surface area contributed by atoms with Gasteiger partial charge in [-0.2, -0.15) is 0 Å². The molecule has 0 bridgehead atoms. The van der Waals surface area contributed by atoms with Crippen molar-refractivity contribution >= 4 is 5.82 Å². The van der Waals surface area contributed by atoms with Crippen LogP contribution in [-0.4, -0.2) is 31.5 Å². The third-order valence-electron chi connectivity index (χ3n) is 2.85. The van der Waals surface area contributed by atoms with E-state index in [4.69, 9.17) is 0 Å². The lowest BCUT2D eigenvalue weighted by molar-refractivity contribution is 0.156. The minimum atomic E-state index is -2.35. The van der Waals surface area contributed by atoms with Gasteiger partial charge in [0.1, 0.15) is 5.82 Å². The monoisotopic (exact) mass is 271 g/mol. The van der Waals surface area contributed by atoms with Crippen LogP contribution in [-0.2, 0) is 6.54 Å². The number of nitrogens with zero attached hydrogens (tertiary/aromatic N) is 2. The van der Waals surface area contributed by atoms with Crippen LogP contribution in [0.4, 0.5) is 14.6 Å². The zero-order valence-corrected chi connectivity index (χ0v) is 12.1. The largest absolute Gasteiger partial charge is 0.354 e. The fourth-order valence-electron chi connectivity index (χ4n) is 1.77. The summed E-state index contributed by atoms with van der Waals surface area (Å²) in [6.07, 6.45) is -2.35. The molecule has 1 aromatic heterocycles. The summed E-state index contributed by atoms with van der Waals surface area (Å²) in [7, 11) is 1.63. The first kappa shape index (κ1) is 15.8. The van der Waals surface area contributed by atoms with E-state index in [-0.39, 0.29) is 6.54 Å². The van der Waals surface area contributed by atoms with Crippen LogP contribution in [0.25, 0.3) is 0 Å². The van der Waals surface area contributed by atoms with Crippen molar-refractivity contribution in [3.63, 3.8) is 0 Å². The van der Waals surface area contributed by atoms with E-state index < -0.39 is 6.43 Å². The van der Waals surface area contributed by atoms with E-state index in [0.717, 1.165) is 24.3 Å². The summed E-state index contributed by atoms with van der Waals surface area (Å²) in [6.45, 7) is 7.63. The highest BCUT2D eigenvalue weighted by Gasteiger charge is 2.10. The number of pyridine rings is 1. The summed E-state index contributed by atoms with van der Waals surface area (Å²) in [5, 5.41) is 3.35. The fraction of sp³-hybridized carbons (Fsp3) is 0.643. The van der Waals surface area contributed by atoms with Crippen molar-refractivity contribution in [1.29, 1.82) is 0 Å². The van der Waals surface area contributed by atoms with Gasteiger partial charge in [-0.3, -0.25) is 0 Å². The lowest BCUT2D eigenvalue weighted by atomic mass is 10.2. The molecule has 19 heavy (non-hydrogen) atoms. The SMILES string of the molecule is Cc1nc(N(C)CC(F)F)ccc1CNCC(C)C. The molecule has 0 aliphatic rings. The van der Waals surface area contributed by atoms with E-state index in [1.807, 2.05) is 13.0 Å². The Morgan fingerprint density at radius 1 is 1.32 bits per heavy atom. The summed E-state index contributed by atoms with van der Waals surface area (Å²) in [6, 6.07) is 3.74. The molecule has 0 saturated heterocycles. The number of hydrogen-bond donors (Lipinski definition) is 1. The topological polar surface area (TPSA) is 28.2 Å². The Balaban J connectivity index is 2.63. The molecule has 0 amide bonds. The summed E-state index contributed by atoms with van der Waals surface area (Å²) in [4.78, 5) is 5.85. The molecule has 5 heteroatoms. The van der Waals surface area contributed by atoms with Gasteiger partial charge in [0.05, 0.1) is 6.54 Å². The number of hydrogen-bond acceptors (Lipinski definition) is 3. The van der Waals surface area contributed by atoms with Gasteiger partial charge < -0.3 is 10.2 Å². The standard InChI is InChI=1S/C14H23F2N3/c1-10(2)7-17-8-12-5-6-14(18-11(12)3)19(4)9-13(15)16/h5-6,10,13,17H,7-9H2,1-4H3. The molecule has 1 N–H and O–H groups in total. The Kier molecular flexibility index (Phi) is 6.15. The average molecular weight is 271 g/mol. The maximum absolute atomic E-state index is 12.3. The van der Waals surface area contributed by atoms with Crippen molar-refractivity contribution in [1.82, 2.24) is 10.3 Å². The summed E-state index contributed by atoms with van der Waals surface area (Å²) in [5.41, 5.74) is 1.99. The van der Waals surface area contributed by atoms with E-state index in [9.17, 15) is 8.78 Å². The molecule has 0 aliphatic carbocycles. The van der Waals surface area contributed by atoms with E-state index >= 15 is 0 Å². The molecule has 0 spiro atoms. The predicted octanol–water partition coefficient (Wildman–Crippen LogP) is 2.84. The second-order valence-electron chi connectivity index (χ2n) is 5.21. The lowest BCUT2D eigenvalue weighted by Crippen LogP contribution is -2.25. The van der Waals surface area contributed by atoms with Crippen LogP contribution in [0.1, 0.15) is 25.1 Å². The molecule has 0 fully saturated rings. The molecule has 1 heterocycles. The quantitative estimate of drug-likeness (QED) is 0.826. The van der Waals surface area contributed by atoms with Gasteiger partial charge in [0.15, 0.2) is 0 Å². The van der Waals surface area contributed by atoms with Gasteiger partial charge in [0, 0.05) is 19.3 Å². The molecule has 108 valence electrons. The Labute approximate surface area is 114 Å². The Morgan fingerprint density at radius 2 is 2.00 bits per heavy atom. The number of rotatable bonds is 7. The number of aromatic nitrogens is 1. The maximum Gasteiger partial charge on any atom is 0.255 e. The van der Waals surface area contributed by atoms with E-state index in [2.05, 4.69) is 24.1 Å². The summed E-state index contributed by atoms with van der Waals surface area (Å²) >= 11 is 0. The molecule has 1 rings (SSSR count). The molecule has 3 nitrogen and oxygen atoms in total. The van der Waals surface area contributed by atoms with Gasteiger partial charge in [-0.1, -0.05) is 19.9 Å². The minimum Gasteiger partial charge on any atom is -0.354 e. The molecule has 0 saturated carbocycles. The maximum atomic E-state index is 12.3. The zero-order valence-electron chi connectivity index (χ0n) is 12.1. The third-order valence-corrected chi connectivity index (χ3v) is 2.85.